The molecule has 10 heteroatoms. The van der Waals surface area contributed by atoms with Gasteiger partial charge in [0.05, 0.1) is 0 Å². The molecular weight excluding hydrogens is 461 g/mol. The number of amidine groups is 1. The van der Waals surface area contributed by atoms with E-state index in [4.69, 9.17) is 0 Å². The fourth-order valence-electron chi connectivity index (χ4n) is 3.09. The molecule has 30 heavy (non-hydrogen) atoms. The molecule has 0 aliphatic carbocycles. The first kappa shape index (κ1) is 20.8. The summed E-state index contributed by atoms with van der Waals surface area (Å²) >= 11 is 1.12. The van der Waals surface area contributed by atoms with Crippen molar-refractivity contribution in [3.8, 4) is 0 Å². The van der Waals surface area contributed by atoms with Gasteiger partial charge in [-0.05, 0) is 13.8 Å². The van der Waals surface area contributed by atoms with Crippen molar-refractivity contribution in [2.24, 2.45) is 4.99 Å². The number of anilines is 1. The van der Waals surface area contributed by atoms with E-state index in [-0.39, 0.29) is 12.1 Å². The number of aromatic nitrogens is 2. The molecule has 2 aliphatic rings. The Morgan fingerprint density at radius 3 is 2.83 bits per heavy atom. The molecule has 3 heterocycles. The zero-order chi connectivity index (χ0) is 21.1. The van der Waals surface area contributed by atoms with E-state index in [1.165, 1.54) is 9.38 Å². The summed E-state index contributed by atoms with van der Waals surface area (Å²) in [6, 6.07) is 9.91. The molecule has 0 spiro atoms. The number of H-pyrrole nitrogens is 1. The van der Waals surface area contributed by atoms with Gasteiger partial charge in [0.1, 0.15) is 0 Å². The van der Waals surface area contributed by atoms with Crippen molar-refractivity contribution in [2.75, 3.05) is 11.9 Å². The number of rotatable bonds is 6. The molecule has 2 atom stereocenters. The summed E-state index contributed by atoms with van der Waals surface area (Å²) in [5.74, 6) is 1.11. The third kappa shape index (κ3) is 5.16. The van der Waals surface area contributed by atoms with E-state index in [1.54, 1.807) is 11.9 Å². The number of carbonyl (C=O) groups excluding carboxylic acids is 1. The topological polar surface area (TPSA) is 89.8 Å². The van der Waals surface area contributed by atoms with Crippen molar-refractivity contribution in [2.45, 2.75) is 31.7 Å². The van der Waals surface area contributed by atoms with Gasteiger partial charge >= 0.3 is 173 Å². The molecule has 0 saturated heterocycles. The number of fused-ring (bicyclic) bond motifs is 1. The van der Waals surface area contributed by atoms with Gasteiger partial charge in [0.2, 0.25) is 0 Å². The number of aliphatic imine (C=N–C) groups is 1. The number of benzene rings is 1. The van der Waals surface area contributed by atoms with Crippen LogP contribution in [0, 0.1) is 6.92 Å². The summed E-state index contributed by atoms with van der Waals surface area (Å²) in [6.07, 6.45) is 6.23. The zero-order valence-electron chi connectivity index (χ0n) is 17.1. The van der Waals surface area contributed by atoms with Crippen molar-refractivity contribution in [1.82, 2.24) is 19.8 Å². The van der Waals surface area contributed by atoms with E-state index in [1.807, 2.05) is 51.2 Å². The van der Waals surface area contributed by atoms with Gasteiger partial charge in [-0.2, -0.15) is 0 Å². The Labute approximate surface area is 186 Å². The molecule has 1 aromatic heterocycles. The van der Waals surface area contributed by atoms with Crippen LogP contribution in [0.15, 0.2) is 63.3 Å². The Balaban J connectivity index is 1.44. The Hall–Kier alpha value is -2.48. The molecule has 2 unspecified atom stereocenters. The summed E-state index contributed by atoms with van der Waals surface area (Å²) in [4.78, 5) is 18.8. The average molecular weight is 486 g/mol. The molecule has 0 bridgehead atoms. The van der Waals surface area contributed by atoms with Gasteiger partial charge in [0.15, 0.2) is 0 Å². The monoisotopic (exact) mass is 486 g/mol. The molecule has 4 rings (SSSR count). The third-order valence-corrected chi connectivity index (χ3v) is 7.80. The van der Waals surface area contributed by atoms with Crippen LogP contribution in [0.5, 0.6) is 0 Å². The van der Waals surface area contributed by atoms with E-state index >= 15 is 0 Å². The first-order valence-electron chi connectivity index (χ1n) is 9.70. The van der Waals surface area contributed by atoms with Crippen LogP contribution in [0.25, 0.3) is 0 Å². The molecule has 0 fully saturated rings. The van der Waals surface area contributed by atoms with Crippen LogP contribution in [0.2, 0.25) is 0 Å². The first-order valence-corrected chi connectivity index (χ1v) is 12.6. The number of aromatic amines is 1. The molecule has 1 aromatic carbocycles. The second kappa shape index (κ2) is 9.12. The van der Waals surface area contributed by atoms with Crippen LogP contribution in [0.4, 0.5) is 10.5 Å². The number of nitrogens with one attached hydrogen (secondary N) is 4. The second-order valence-corrected chi connectivity index (χ2v) is 11.2. The summed E-state index contributed by atoms with van der Waals surface area (Å²) < 4.78 is 4.70. The van der Waals surface area contributed by atoms with Gasteiger partial charge in [0, 0.05) is 0 Å². The summed E-state index contributed by atoms with van der Waals surface area (Å²) in [5.41, 5.74) is 1.86. The number of urea groups is 1. The zero-order valence-corrected chi connectivity index (χ0v) is 20.0. The van der Waals surface area contributed by atoms with Gasteiger partial charge in [-0.3, -0.25) is 0 Å². The van der Waals surface area contributed by atoms with E-state index in [0.29, 0.717) is 0 Å². The fraction of sp³-hybridized carbons (Fsp3) is 0.250. The summed E-state index contributed by atoms with van der Waals surface area (Å²) in [7, 11) is 0. The van der Waals surface area contributed by atoms with E-state index in [2.05, 4.69) is 48.6 Å². The third-order valence-electron chi connectivity index (χ3n) is 4.37. The normalized spacial score (nSPS) is 18.0. The van der Waals surface area contributed by atoms with Crippen molar-refractivity contribution in [1.29, 1.82) is 0 Å². The molecule has 2 aromatic rings. The van der Waals surface area contributed by atoms with Gasteiger partial charge in [-0.15, -0.1) is 0 Å². The predicted octanol–water partition coefficient (Wildman–Crippen LogP) is 0.900. The van der Waals surface area contributed by atoms with Crippen molar-refractivity contribution in [3.63, 3.8) is 0 Å². The minimum absolute atomic E-state index is 0.100. The molecule has 8 nitrogen and oxygen atoms in total. The van der Waals surface area contributed by atoms with Gasteiger partial charge in [0.25, 0.3) is 0 Å². The number of quaternary nitrogens is 1. The quantitative estimate of drug-likeness (QED) is 0.361. The van der Waals surface area contributed by atoms with Gasteiger partial charge in [-0.25, -0.2) is 0 Å². The number of carbonyl (C=O) groups is 1. The van der Waals surface area contributed by atoms with Crippen molar-refractivity contribution >= 4 is 49.7 Å². The molecule has 4 N–H and O–H groups in total. The van der Waals surface area contributed by atoms with Crippen molar-refractivity contribution < 1.29 is 9.69 Å². The van der Waals surface area contributed by atoms with Crippen LogP contribution in [-0.2, 0) is 0 Å². The van der Waals surface area contributed by atoms with Crippen LogP contribution in [0.3, 0.4) is 0 Å². The van der Waals surface area contributed by atoms with Gasteiger partial charge < -0.3 is 0 Å². The minimum atomic E-state index is -0.551. The van der Waals surface area contributed by atoms with E-state index < -0.39 is 15.8 Å². The van der Waals surface area contributed by atoms with Crippen LogP contribution in [-0.4, -0.2) is 54.7 Å². The van der Waals surface area contributed by atoms with E-state index in [0.717, 1.165) is 33.1 Å². The molecule has 0 saturated carbocycles. The summed E-state index contributed by atoms with van der Waals surface area (Å²) in [6.45, 7) is 6.66. The Kier molecular flexibility index (Phi) is 6.32. The molecule has 156 valence electrons. The Bertz CT molecular complexity index is 1010. The molecule has 2 amide bonds. The molecular formula is C20H25AsN7OS+. The molecule has 0 radical (unpaired) electrons. The van der Waals surface area contributed by atoms with Crippen LogP contribution >= 0.6 is 11.9 Å². The first-order chi connectivity index (χ1) is 14.5. The number of hydrogen-bond donors (Lipinski definition) is 4. The average Bonchev–Trinajstić information content (AvgIpc) is 3.31. The second-order valence-electron chi connectivity index (χ2n) is 7.35. The summed E-state index contributed by atoms with van der Waals surface area (Å²) in [5, 5.41) is 13.1. The van der Waals surface area contributed by atoms with Crippen molar-refractivity contribution in [3.05, 3.63) is 59.1 Å². The number of nitrogens with zero attached hydrogens (tertiary/aromatic N) is 3. The fourth-order valence-corrected chi connectivity index (χ4v) is 6.80. The Morgan fingerprint density at radius 2 is 2.13 bits per heavy atom. The Morgan fingerprint density at radius 1 is 1.33 bits per heavy atom. The van der Waals surface area contributed by atoms with Crippen LogP contribution in [0.1, 0.15) is 19.5 Å². The van der Waals surface area contributed by atoms with E-state index in [9.17, 15) is 4.79 Å². The predicted molar refractivity (Wildman–Crippen MR) is 122 cm³/mol. The number of hydrogen-bond acceptors (Lipinski definition) is 5. The maximum absolute atomic E-state index is 11.8. The number of aryl methyl sites for hydroxylation is 1. The maximum atomic E-state index is 11.8. The number of amides is 2. The SMILES string of the molecule is Cc1cc([AsH]C2=CN(Sc3ccc(NC(=O)NC(C)C)cc3)CC3=NC=C[NH+]23)n[nH]1. The standard InChI is InChI=1S/C20H24AsN7OS/c1-13(2)23-20(29)24-15-4-6-16(7-5-15)30-27-11-18(21-17-10-14(3)25-26-17)28-9-8-22-19(28)12-27/h4-11,13,21H,12H2,1-3H3,(H,25,26)(H2,23,24,29)/p+1. The van der Waals surface area contributed by atoms with Gasteiger partial charge in [-0.1, -0.05) is 0 Å². The van der Waals surface area contributed by atoms with Crippen LogP contribution < -0.4 is 20.0 Å². The molecule has 2 aliphatic heterocycles.